The second-order valence-corrected chi connectivity index (χ2v) is 4.64. The molecule has 0 saturated carbocycles. The number of rotatable bonds is 4. The van der Waals surface area contributed by atoms with E-state index < -0.39 is 17.6 Å². The molecule has 0 saturated heterocycles. The molecule has 0 bridgehead atoms. The van der Waals surface area contributed by atoms with Crippen LogP contribution < -0.4 is 5.32 Å². The first-order valence-corrected chi connectivity index (χ1v) is 6.40. The first-order chi connectivity index (χ1) is 9.99. The molecule has 1 N–H and O–H groups in total. The van der Waals surface area contributed by atoms with Crippen LogP contribution in [0.4, 0.5) is 14.5 Å². The van der Waals surface area contributed by atoms with Crippen LogP contribution in [0.2, 0.25) is 0 Å². The Kier molecular flexibility index (Phi) is 4.52. The highest BCUT2D eigenvalue weighted by Gasteiger charge is 2.10. The topological polar surface area (TPSA) is 38.3 Å². The summed E-state index contributed by atoms with van der Waals surface area (Å²) in [7, 11) is 1.31. The van der Waals surface area contributed by atoms with Crippen LogP contribution in [-0.4, -0.2) is 13.1 Å². The molecule has 0 spiro atoms. The lowest BCUT2D eigenvalue weighted by atomic mass is 10.1. The third-order valence-electron chi connectivity index (χ3n) is 3.05. The van der Waals surface area contributed by atoms with Gasteiger partial charge < -0.3 is 10.1 Å². The largest absolute Gasteiger partial charge is 0.465 e. The summed E-state index contributed by atoms with van der Waals surface area (Å²) < 4.78 is 31.1. The van der Waals surface area contributed by atoms with Crippen molar-refractivity contribution >= 4 is 11.7 Å². The molecule has 2 rings (SSSR count). The summed E-state index contributed by atoms with van der Waals surface area (Å²) in [5, 5.41) is 3.09. The fourth-order valence-corrected chi connectivity index (χ4v) is 2.01. The Morgan fingerprint density at radius 3 is 2.43 bits per heavy atom. The van der Waals surface area contributed by atoms with Gasteiger partial charge in [-0.2, -0.15) is 0 Å². The molecule has 1 atom stereocenters. The Hall–Kier alpha value is -2.43. The van der Waals surface area contributed by atoms with Crippen molar-refractivity contribution in [3.8, 4) is 0 Å². The predicted molar refractivity (Wildman–Crippen MR) is 76.2 cm³/mol. The summed E-state index contributed by atoms with van der Waals surface area (Å²) in [5.74, 6) is -1.69. The average Bonchev–Trinajstić information content (AvgIpc) is 2.45. The number of halogens is 2. The summed E-state index contributed by atoms with van der Waals surface area (Å²) in [6.45, 7) is 1.78. The van der Waals surface area contributed by atoms with Crippen LogP contribution in [-0.2, 0) is 4.74 Å². The highest BCUT2D eigenvalue weighted by molar-refractivity contribution is 5.90. The highest BCUT2D eigenvalue weighted by Crippen LogP contribution is 2.22. The van der Waals surface area contributed by atoms with Gasteiger partial charge in [-0.1, -0.05) is 6.07 Å². The van der Waals surface area contributed by atoms with Crippen molar-refractivity contribution in [2.45, 2.75) is 13.0 Å². The van der Waals surface area contributed by atoms with Crippen molar-refractivity contribution in [3.63, 3.8) is 0 Å². The van der Waals surface area contributed by atoms with Gasteiger partial charge in [0.1, 0.15) is 11.6 Å². The first kappa shape index (κ1) is 15.0. The highest BCUT2D eigenvalue weighted by atomic mass is 19.1. The van der Waals surface area contributed by atoms with Crippen LogP contribution in [0.1, 0.15) is 28.9 Å². The van der Waals surface area contributed by atoms with Crippen molar-refractivity contribution in [1.29, 1.82) is 0 Å². The molecular formula is C16H15F2NO2. The molecule has 0 radical (unpaired) electrons. The summed E-state index contributed by atoms with van der Waals surface area (Å²) in [6, 6.07) is 9.76. The van der Waals surface area contributed by atoms with Crippen LogP contribution in [0, 0.1) is 11.6 Å². The zero-order valence-electron chi connectivity index (χ0n) is 11.7. The van der Waals surface area contributed by atoms with E-state index in [4.69, 9.17) is 0 Å². The Morgan fingerprint density at radius 2 is 1.81 bits per heavy atom. The van der Waals surface area contributed by atoms with E-state index in [9.17, 15) is 13.6 Å². The van der Waals surface area contributed by atoms with Gasteiger partial charge in [-0.15, -0.1) is 0 Å². The van der Waals surface area contributed by atoms with Crippen LogP contribution in [0.15, 0.2) is 42.5 Å². The molecule has 21 heavy (non-hydrogen) atoms. The number of anilines is 1. The fourth-order valence-electron chi connectivity index (χ4n) is 2.01. The maximum atomic E-state index is 13.2. The number of nitrogens with one attached hydrogen (secondary N) is 1. The van der Waals surface area contributed by atoms with E-state index in [0.717, 1.165) is 6.07 Å². The Bertz CT molecular complexity index is 638. The normalized spacial score (nSPS) is 11.8. The van der Waals surface area contributed by atoms with E-state index in [0.29, 0.717) is 16.8 Å². The molecule has 0 aliphatic heterocycles. The average molecular weight is 291 g/mol. The number of carbonyl (C=O) groups excluding carboxylic acids is 1. The second-order valence-electron chi connectivity index (χ2n) is 4.64. The minimum atomic E-state index is -0.623. The van der Waals surface area contributed by atoms with E-state index in [-0.39, 0.29) is 6.04 Å². The van der Waals surface area contributed by atoms with Crippen molar-refractivity contribution in [2.24, 2.45) is 0 Å². The lowest BCUT2D eigenvalue weighted by Gasteiger charge is -2.16. The zero-order valence-corrected chi connectivity index (χ0v) is 11.7. The molecule has 2 aromatic carbocycles. The minimum Gasteiger partial charge on any atom is -0.465 e. The number of hydrogen-bond donors (Lipinski definition) is 1. The lowest BCUT2D eigenvalue weighted by molar-refractivity contribution is 0.0601. The third kappa shape index (κ3) is 3.78. The van der Waals surface area contributed by atoms with Crippen LogP contribution in [0.5, 0.6) is 0 Å². The SMILES string of the molecule is COC(=O)c1cccc(NC(C)c2cc(F)cc(F)c2)c1. The Labute approximate surface area is 121 Å². The number of carbonyl (C=O) groups is 1. The predicted octanol–water partition coefficient (Wildman–Crippen LogP) is 3.92. The van der Waals surface area contributed by atoms with Gasteiger partial charge in [-0.3, -0.25) is 0 Å². The number of benzene rings is 2. The summed E-state index contributed by atoms with van der Waals surface area (Å²) >= 11 is 0. The van der Waals surface area contributed by atoms with Crippen LogP contribution in [0.25, 0.3) is 0 Å². The molecule has 0 fully saturated rings. The van der Waals surface area contributed by atoms with E-state index >= 15 is 0 Å². The molecule has 0 aromatic heterocycles. The van der Waals surface area contributed by atoms with Crippen LogP contribution >= 0.6 is 0 Å². The smallest absolute Gasteiger partial charge is 0.337 e. The molecule has 0 aliphatic rings. The molecule has 5 heteroatoms. The molecule has 3 nitrogen and oxygen atoms in total. The van der Waals surface area contributed by atoms with Gasteiger partial charge in [0.05, 0.1) is 12.7 Å². The molecule has 110 valence electrons. The van der Waals surface area contributed by atoms with Crippen molar-refractivity contribution in [2.75, 3.05) is 12.4 Å². The summed E-state index contributed by atoms with van der Waals surface area (Å²) in [6.07, 6.45) is 0. The van der Waals surface area contributed by atoms with E-state index in [1.54, 1.807) is 31.2 Å². The van der Waals surface area contributed by atoms with Gasteiger partial charge in [0.15, 0.2) is 0 Å². The number of ether oxygens (including phenoxy) is 1. The quantitative estimate of drug-likeness (QED) is 0.868. The van der Waals surface area contributed by atoms with Gasteiger partial charge in [-0.05, 0) is 42.8 Å². The van der Waals surface area contributed by atoms with E-state index in [1.165, 1.54) is 19.2 Å². The molecule has 0 aliphatic carbocycles. The molecule has 2 aromatic rings. The maximum Gasteiger partial charge on any atom is 0.337 e. The summed E-state index contributed by atoms with van der Waals surface area (Å²) in [5.41, 5.74) is 1.55. The molecule has 0 heterocycles. The van der Waals surface area contributed by atoms with Gasteiger partial charge >= 0.3 is 5.97 Å². The van der Waals surface area contributed by atoms with Crippen molar-refractivity contribution in [1.82, 2.24) is 0 Å². The maximum absolute atomic E-state index is 13.2. The molecular weight excluding hydrogens is 276 g/mol. The van der Waals surface area contributed by atoms with Crippen LogP contribution in [0.3, 0.4) is 0 Å². The van der Waals surface area contributed by atoms with Gasteiger partial charge in [-0.25, -0.2) is 13.6 Å². The number of methoxy groups -OCH3 is 1. The number of esters is 1. The third-order valence-corrected chi connectivity index (χ3v) is 3.05. The van der Waals surface area contributed by atoms with Crippen molar-refractivity contribution in [3.05, 3.63) is 65.2 Å². The van der Waals surface area contributed by atoms with Gasteiger partial charge in [0, 0.05) is 17.8 Å². The molecule has 1 unspecified atom stereocenters. The monoisotopic (exact) mass is 291 g/mol. The minimum absolute atomic E-state index is 0.317. The zero-order chi connectivity index (χ0) is 15.4. The van der Waals surface area contributed by atoms with Gasteiger partial charge in [0.25, 0.3) is 0 Å². The first-order valence-electron chi connectivity index (χ1n) is 6.40. The lowest BCUT2D eigenvalue weighted by Crippen LogP contribution is -2.08. The molecule has 0 amide bonds. The summed E-state index contributed by atoms with van der Waals surface area (Å²) in [4.78, 5) is 11.5. The second kappa shape index (κ2) is 6.35. The fraction of sp³-hybridized carbons (Fsp3) is 0.188. The van der Waals surface area contributed by atoms with Gasteiger partial charge in [0.2, 0.25) is 0 Å². The van der Waals surface area contributed by atoms with E-state index in [2.05, 4.69) is 10.1 Å². The standard InChI is InChI=1S/C16H15F2NO2/c1-10(12-6-13(17)9-14(18)7-12)19-15-5-3-4-11(8-15)16(20)21-2/h3-10,19H,1-2H3. The Morgan fingerprint density at radius 1 is 1.14 bits per heavy atom. The number of hydrogen-bond acceptors (Lipinski definition) is 3. The van der Waals surface area contributed by atoms with E-state index in [1.807, 2.05) is 0 Å². The Balaban J connectivity index is 2.19. The van der Waals surface area contributed by atoms with Crippen molar-refractivity contribution < 1.29 is 18.3 Å².